The predicted molar refractivity (Wildman–Crippen MR) is 67.4 cm³/mol. The number of rotatable bonds is 1. The molecular weight excluding hydrogens is 291 g/mol. The molecule has 3 rings (SSSR count). The molecule has 20 heavy (non-hydrogen) atoms. The van der Waals surface area contributed by atoms with Gasteiger partial charge in [-0.1, -0.05) is 25.2 Å². The third-order valence-corrected chi connectivity index (χ3v) is 4.60. The molecule has 0 spiro atoms. The fraction of sp³-hybridized carbons (Fsp3) is 0.727. The van der Waals surface area contributed by atoms with E-state index < -0.39 is 12.0 Å². The van der Waals surface area contributed by atoms with E-state index in [9.17, 15) is 13.2 Å². The number of fused-ring (bicyclic) bond motifs is 1. The van der Waals surface area contributed by atoms with E-state index in [4.69, 9.17) is 0 Å². The molecule has 2 aromatic heterocycles. The molecule has 9 heteroatoms. The molecule has 1 N–H and O–H groups in total. The molecule has 2 aromatic rings. The Morgan fingerprint density at radius 1 is 1.35 bits per heavy atom. The van der Waals surface area contributed by atoms with Crippen molar-refractivity contribution in [1.82, 2.24) is 25.1 Å². The maximum absolute atomic E-state index is 12.8. The zero-order valence-electron chi connectivity index (χ0n) is 11.0. The summed E-state index contributed by atoms with van der Waals surface area (Å²) in [6.07, 6.45) is -2.47. The number of halogens is 3. The van der Waals surface area contributed by atoms with E-state index in [2.05, 4.69) is 34.5 Å². The zero-order chi connectivity index (χ0) is 14.5. The monoisotopic (exact) mass is 305 g/mol. The van der Waals surface area contributed by atoms with Gasteiger partial charge in [0.25, 0.3) is 5.82 Å². The van der Waals surface area contributed by atoms with Crippen molar-refractivity contribution < 1.29 is 13.2 Å². The maximum Gasteiger partial charge on any atom is 0.453 e. The van der Waals surface area contributed by atoms with Crippen LogP contribution in [0.2, 0.25) is 0 Å². The lowest BCUT2D eigenvalue weighted by molar-refractivity contribution is -0.146. The van der Waals surface area contributed by atoms with Crippen LogP contribution in [0.15, 0.2) is 0 Å². The van der Waals surface area contributed by atoms with Crippen molar-refractivity contribution in [3.8, 4) is 0 Å². The van der Waals surface area contributed by atoms with Gasteiger partial charge in [0.1, 0.15) is 5.01 Å². The smallest absolute Gasteiger partial charge is 0.307 e. The average molecular weight is 305 g/mol. The van der Waals surface area contributed by atoms with Crippen molar-refractivity contribution in [3.63, 3.8) is 0 Å². The minimum Gasteiger partial charge on any atom is -0.307 e. The van der Waals surface area contributed by atoms with Gasteiger partial charge >= 0.3 is 6.18 Å². The fourth-order valence-corrected chi connectivity index (χ4v) is 3.68. The SMILES string of the molecule is CC1(C)CCCNC1c1nn2c(C(F)(F)F)nnc2s1. The lowest BCUT2D eigenvalue weighted by Crippen LogP contribution is -2.39. The first kappa shape index (κ1) is 13.7. The summed E-state index contributed by atoms with van der Waals surface area (Å²) >= 11 is 1.16. The summed E-state index contributed by atoms with van der Waals surface area (Å²) < 4.78 is 39.1. The van der Waals surface area contributed by atoms with Gasteiger partial charge in [-0.2, -0.15) is 22.8 Å². The molecule has 3 heterocycles. The molecule has 1 aliphatic heterocycles. The van der Waals surface area contributed by atoms with E-state index in [0.29, 0.717) is 5.01 Å². The minimum absolute atomic E-state index is 0.0417. The molecule has 0 saturated carbocycles. The van der Waals surface area contributed by atoms with Gasteiger partial charge in [-0.3, -0.25) is 0 Å². The Balaban J connectivity index is 2.03. The first-order valence-corrected chi connectivity index (χ1v) is 7.13. The van der Waals surface area contributed by atoms with E-state index >= 15 is 0 Å². The van der Waals surface area contributed by atoms with Crippen LogP contribution in [0.4, 0.5) is 13.2 Å². The van der Waals surface area contributed by atoms with Crippen molar-refractivity contribution in [2.75, 3.05) is 6.54 Å². The molecule has 1 aliphatic rings. The highest BCUT2D eigenvalue weighted by molar-refractivity contribution is 7.16. The number of nitrogens with one attached hydrogen (secondary N) is 1. The average Bonchev–Trinajstić information content (AvgIpc) is 2.85. The second kappa shape index (κ2) is 4.39. The van der Waals surface area contributed by atoms with Crippen LogP contribution < -0.4 is 5.32 Å². The Hall–Kier alpha value is -1.22. The summed E-state index contributed by atoms with van der Waals surface area (Å²) in [6.45, 7) is 5.04. The minimum atomic E-state index is -4.54. The number of alkyl halides is 3. The van der Waals surface area contributed by atoms with E-state index in [-0.39, 0.29) is 16.4 Å². The van der Waals surface area contributed by atoms with Gasteiger partial charge in [-0.15, -0.1) is 10.2 Å². The topological polar surface area (TPSA) is 55.1 Å². The molecule has 0 aromatic carbocycles. The molecule has 1 atom stereocenters. The van der Waals surface area contributed by atoms with Crippen LogP contribution in [0.3, 0.4) is 0 Å². The summed E-state index contributed by atoms with van der Waals surface area (Å²) in [4.78, 5) is 0.176. The normalized spacial score (nSPS) is 23.4. The van der Waals surface area contributed by atoms with Crippen molar-refractivity contribution in [2.45, 2.75) is 38.9 Å². The lowest BCUT2D eigenvalue weighted by Gasteiger charge is -2.37. The van der Waals surface area contributed by atoms with Crippen molar-refractivity contribution >= 4 is 16.3 Å². The summed E-state index contributed by atoms with van der Waals surface area (Å²) in [7, 11) is 0. The summed E-state index contributed by atoms with van der Waals surface area (Å²) in [5, 5.41) is 14.8. The number of nitrogens with zero attached hydrogens (tertiary/aromatic N) is 4. The van der Waals surface area contributed by atoms with Crippen LogP contribution in [-0.2, 0) is 6.18 Å². The van der Waals surface area contributed by atoms with Crippen LogP contribution in [0.5, 0.6) is 0 Å². The van der Waals surface area contributed by atoms with E-state index in [0.717, 1.165) is 35.2 Å². The molecule has 1 fully saturated rings. The third kappa shape index (κ3) is 2.18. The van der Waals surface area contributed by atoms with E-state index in [1.807, 2.05) is 0 Å². The third-order valence-electron chi connectivity index (χ3n) is 3.63. The van der Waals surface area contributed by atoms with Crippen LogP contribution in [-0.4, -0.2) is 26.4 Å². The molecule has 1 saturated heterocycles. The van der Waals surface area contributed by atoms with Gasteiger partial charge in [0, 0.05) is 0 Å². The second-order valence-corrected chi connectivity index (χ2v) is 6.62. The van der Waals surface area contributed by atoms with E-state index in [1.165, 1.54) is 0 Å². The molecule has 5 nitrogen and oxygen atoms in total. The highest BCUT2D eigenvalue weighted by Gasteiger charge is 2.40. The number of piperidine rings is 1. The quantitative estimate of drug-likeness (QED) is 0.880. The summed E-state index contributed by atoms with van der Waals surface area (Å²) in [5.74, 6) is -1.07. The predicted octanol–water partition coefficient (Wildman–Crippen LogP) is 2.66. The first-order chi connectivity index (χ1) is 9.29. The largest absolute Gasteiger partial charge is 0.453 e. The van der Waals surface area contributed by atoms with Crippen LogP contribution in [0, 0.1) is 5.41 Å². The first-order valence-electron chi connectivity index (χ1n) is 6.32. The molecule has 0 aliphatic carbocycles. The van der Waals surface area contributed by atoms with Crippen molar-refractivity contribution in [1.29, 1.82) is 0 Å². The van der Waals surface area contributed by atoms with E-state index in [1.54, 1.807) is 0 Å². The van der Waals surface area contributed by atoms with Crippen LogP contribution in [0.25, 0.3) is 4.96 Å². The number of aromatic nitrogens is 4. The van der Waals surface area contributed by atoms with Crippen molar-refractivity contribution in [2.24, 2.45) is 5.41 Å². The van der Waals surface area contributed by atoms with Gasteiger partial charge < -0.3 is 5.32 Å². The molecule has 110 valence electrons. The van der Waals surface area contributed by atoms with Crippen LogP contribution >= 0.6 is 11.3 Å². The molecular formula is C11H14F3N5S. The summed E-state index contributed by atoms with van der Waals surface area (Å²) in [6, 6.07) is -0.0518. The van der Waals surface area contributed by atoms with Crippen LogP contribution in [0.1, 0.15) is 43.6 Å². The second-order valence-electron chi connectivity index (χ2n) is 5.64. The Morgan fingerprint density at radius 3 is 2.75 bits per heavy atom. The highest BCUT2D eigenvalue weighted by atomic mass is 32.1. The Labute approximate surface area is 117 Å². The van der Waals surface area contributed by atoms with Gasteiger partial charge in [0.2, 0.25) is 4.96 Å². The molecule has 1 unspecified atom stereocenters. The number of hydrogen-bond donors (Lipinski definition) is 1. The van der Waals surface area contributed by atoms with Crippen molar-refractivity contribution in [3.05, 3.63) is 10.8 Å². The van der Waals surface area contributed by atoms with Gasteiger partial charge in [0.15, 0.2) is 0 Å². The highest BCUT2D eigenvalue weighted by Crippen LogP contribution is 2.41. The zero-order valence-corrected chi connectivity index (χ0v) is 11.8. The fourth-order valence-electron chi connectivity index (χ4n) is 2.56. The molecule has 0 amide bonds. The standard InChI is InChI=1S/C11H14F3N5S/c1-10(2)4-3-5-15-6(10)7-18-19-8(11(12,13)14)16-17-9(19)20-7/h6,15H,3-5H2,1-2H3. The molecule has 0 radical (unpaired) electrons. The Kier molecular flexibility index (Phi) is 3.02. The lowest BCUT2D eigenvalue weighted by atomic mass is 9.78. The number of hydrogen-bond acceptors (Lipinski definition) is 5. The van der Waals surface area contributed by atoms with Gasteiger partial charge in [-0.25, -0.2) is 0 Å². The Bertz CT molecular complexity index is 630. The summed E-state index contributed by atoms with van der Waals surface area (Å²) in [5.41, 5.74) is -0.0417. The Morgan fingerprint density at radius 2 is 2.10 bits per heavy atom. The van der Waals surface area contributed by atoms with Gasteiger partial charge in [-0.05, 0) is 24.8 Å². The molecule has 0 bridgehead atoms. The maximum atomic E-state index is 12.8. The van der Waals surface area contributed by atoms with Gasteiger partial charge in [0.05, 0.1) is 6.04 Å².